The number of amides is 2. The van der Waals surface area contributed by atoms with E-state index in [0.29, 0.717) is 37.2 Å². The summed E-state index contributed by atoms with van der Waals surface area (Å²) in [5.41, 5.74) is 6.16. The normalized spacial score (nSPS) is 15.3. The van der Waals surface area contributed by atoms with E-state index < -0.39 is 10.0 Å². The molecule has 0 bridgehead atoms. The third-order valence-electron chi connectivity index (χ3n) is 4.62. The zero-order chi connectivity index (χ0) is 19.4. The van der Waals surface area contributed by atoms with Crippen LogP contribution in [0.2, 0.25) is 0 Å². The van der Waals surface area contributed by atoms with Gasteiger partial charge < -0.3 is 10.6 Å². The predicted octanol–water partition coefficient (Wildman–Crippen LogP) is 1.82. The Balaban J connectivity index is 1.65. The summed E-state index contributed by atoms with van der Waals surface area (Å²) in [4.78, 5) is 25.6. The molecule has 1 fully saturated rings. The summed E-state index contributed by atoms with van der Waals surface area (Å²) in [6, 6.07) is 14.4. The molecule has 0 spiro atoms. The van der Waals surface area contributed by atoms with Crippen molar-refractivity contribution in [2.24, 2.45) is 11.7 Å². The van der Waals surface area contributed by atoms with Crippen LogP contribution in [0.3, 0.4) is 0 Å². The lowest BCUT2D eigenvalue weighted by atomic mass is 9.96. The number of rotatable bonds is 5. The molecule has 8 heteroatoms. The number of nitrogens with two attached hydrogens (primary N) is 1. The molecule has 142 valence electrons. The molecular formula is C19H21N3O4S. The predicted molar refractivity (Wildman–Crippen MR) is 102 cm³/mol. The second-order valence-corrected chi connectivity index (χ2v) is 8.15. The van der Waals surface area contributed by atoms with E-state index in [9.17, 15) is 18.0 Å². The maximum absolute atomic E-state index is 12.6. The molecule has 0 unspecified atom stereocenters. The largest absolute Gasteiger partial charge is 0.369 e. The Hall–Kier alpha value is -2.87. The van der Waals surface area contributed by atoms with E-state index in [0.717, 1.165) is 0 Å². The Labute approximate surface area is 158 Å². The van der Waals surface area contributed by atoms with Gasteiger partial charge in [-0.3, -0.25) is 14.3 Å². The van der Waals surface area contributed by atoms with Crippen LogP contribution in [-0.2, 0) is 14.8 Å². The van der Waals surface area contributed by atoms with Crippen LogP contribution in [0.5, 0.6) is 0 Å². The molecule has 2 amide bonds. The van der Waals surface area contributed by atoms with Gasteiger partial charge in [-0.15, -0.1) is 0 Å². The summed E-state index contributed by atoms with van der Waals surface area (Å²) < 4.78 is 27.2. The fourth-order valence-electron chi connectivity index (χ4n) is 3.04. The average Bonchev–Trinajstić information content (AvgIpc) is 2.68. The number of likely N-dealkylation sites (tertiary alicyclic amines) is 1. The SMILES string of the molecule is NC(=O)C1CCN(C(=O)c2ccc(NS(=O)(=O)c3ccccc3)cc2)CC1. The monoisotopic (exact) mass is 387 g/mol. The Kier molecular flexibility index (Phi) is 5.46. The molecule has 2 aromatic carbocycles. The van der Waals surface area contributed by atoms with Crippen molar-refractivity contribution < 1.29 is 18.0 Å². The summed E-state index contributed by atoms with van der Waals surface area (Å²) in [6.45, 7) is 0.962. The first-order valence-corrected chi connectivity index (χ1v) is 10.1. The van der Waals surface area contributed by atoms with Gasteiger partial charge in [0.05, 0.1) is 4.90 Å². The number of carbonyl (C=O) groups excluding carboxylic acids is 2. The Morgan fingerprint density at radius 1 is 0.963 bits per heavy atom. The van der Waals surface area contributed by atoms with E-state index >= 15 is 0 Å². The molecule has 2 aromatic rings. The zero-order valence-corrected chi connectivity index (χ0v) is 15.5. The number of hydrogen-bond acceptors (Lipinski definition) is 4. The van der Waals surface area contributed by atoms with E-state index in [2.05, 4.69) is 4.72 Å². The van der Waals surface area contributed by atoms with Crippen molar-refractivity contribution >= 4 is 27.5 Å². The van der Waals surface area contributed by atoms with E-state index in [1.54, 1.807) is 47.4 Å². The fraction of sp³-hybridized carbons (Fsp3) is 0.263. The van der Waals surface area contributed by atoms with Gasteiger partial charge in [0.15, 0.2) is 0 Å². The summed E-state index contributed by atoms with van der Waals surface area (Å²) >= 11 is 0. The van der Waals surface area contributed by atoms with E-state index in [1.807, 2.05) is 0 Å². The molecule has 1 saturated heterocycles. The summed E-state index contributed by atoms with van der Waals surface area (Å²) in [7, 11) is -3.67. The standard InChI is InChI=1S/C19H21N3O4S/c20-18(23)14-10-12-22(13-11-14)19(24)15-6-8-16(9-7-15)21-27(25,26)17-4-2-1-3-5-17/h1-9,14,21H,10-13H2,(H2,20,23). The highest BCUT2D eigenvalue weighted by Gasteiger charge is 2.26. The van der Waals surface area contributed by atoms with Gasteiger partial charge in [-0.05, 0) is 49.2 Å². The number of anilines is 1. The molecular weight excluding hydrogens is 366 g/mol. The van der Waals surface area contributed by atoms with Crippen molar-refractivity contribution in [2.75, 3.05) is 17.8 Å². The molecule has 0 atom stereocenters. The number of nitrogens with one attached hydrogen (secondary N) is 1. The van der Waals surface area contributed by atoms with Gasteiger partial charge in [0.25, 0.3) is 15.9 Å². The lowest BCUT2D eigenvalue weighted by Crippen LogP contribution is -2.41. The molecule has 0 saturated carbocycles. The van der Waals surface area contributed by atoms with Crippen LogP contribution in [-0.4, -0.2) is 38.2 Å². The highest BCUT2D eigenvalue weighted by Crippen LogP contribution is 2.20. The molecule has 1 aliphatic heterocycles. The lowest BCUT2D eigenvalue weighted by molar-refractivity contribution is -0.123. The lowest BCUT2D eigenvalue weighted by Gasteiger charge is -2.30. The fourth-order valence-corrected chi connectivity index (χ4v) is 4.12. The molecule has 1 heterocycles. The first kappa shape index (κ1) is 18.9. The molecule has 1 aliphatic rings. The summed E-state index contributed by atoms with van der Waals surface area (Å²) in [6.07, 6.45) is 1.13. The maximum Gasteiger partial charge on any atom is 0.261 e. The zero-order valence-electron chi connectivity index (χ0n) is 14.7. The molecule has 0 aromatic heterocycles. The van der Waals surface area contributed by atoms with Gasteiger partial charge in [-0.25, -0.2) is 8.42 Å². The number of sulfonamides is 1. The van der Waals surface area contributed by atoms with Crippen molar-refractivity contribution in [1.29, 1.82) is 0 Å². The molecule has 7 nitrogen and oxygen atoms in total. The highest BCUT2D eigenvalue weighted by molar-refractivity contribution is 7.92. The molecule has 3 N–H and O–H groups in total. The molecule has 0 radical (unpaired) electrons. The van der Waals surface area contributed by atoms with Crippen LogP contribution in [0.1, 0.15) is 23.2 Å². The minimum atomic E-state index is -3.67. The summed E-state index contributed by atoms with van der Waals surface area (Å²) in [5.74, 6) is -0.642. The van der Waals surface area contributed by atoms with Crippen molar-refractivity contribution in [3.8, 4) is 0 Å². The van der Waals surface area contributed by atoms with Crippen LogP contribution in [0, 0.1) is 5.92 Å². The average molecular weight is 387 g/mol. The minimum Gasteiger partial charge on any atom is -0.369 e. The maximum atomic E-state index is 12.6. The first-order valence-electron chi connectivity index (χ1n) is 8.63. The smallest absolute Gasteiger partial charge is 0.261 e. The van der Waals surface area contributed by atoms with Crippen LogP contribution < -0.4 is 10.5 Å². The number of primary amides is 1. The Bertz CT molecular complexity index is 919. The Morgan fingerprint density at radius 3 is 2.11 bits per heavy atom. The third-order valence-corrected chi connectivity index (χ3v) is 6.02. The van der Waals surface area contributed by atoms with Gasteiger partial charge in [0.2, 0.25) is 5.91 Å². The van der Waals surface area contributed by atoms with Crippen LogP contribution in [0.15, 0.2) is 59.5 Å². The number of piperidine rings is 1. The second kappa shape index (κ2) is 7.79. The van der Waals surface area contributed by atoms with Crippen LogP contribution in [0.4, 0.5) is 5.69 Å². The second-order valence-electron chi connectivity index (χ2n) is 6.46. The molecule has 27 heavy (non-hydrogen) atoms. The number of carbonyl (C=O) groups is 2. The van der Waals surface area contributed by atoms with Gasteiger partial charge >= 0.3 is 0 Å². The van der Waals surface area contributed by atoms with Crippen LogP contribution >= 0.6 is 0 Å². The highest BCUT2D eigenvalue weighted by atomic mass is 32.2. The van der Waals surface area contributed by atoms with Gasteiger partial charge in [-0.2, -0.15) is 0 Å². The van der Waals surface area contributed by atoms with Crippen molar-refractivity contribution in [2.45, 2.75) is 17.7 Å². The van der Waals surface area contributed by atoms with Crippen LogP contribution in [0.25, 0.3) is 0 Å². The van der Waals surface area contributed by atoms with E-state index in [-0.39, 0.29) is 22.6 Å². The topological polar surface area (TPSA) is 110 Å². The molecule has 3 rings (SSSR count). The third kappa shape index (κ3) is 4.46. The van der Waals surface area contributed by atoms with Crippen molar-refractivity contribution in [3.05, 3.63) is 60.2 Å². The number of hydrogen-bond donors (Lipinski definition) is 2. The van der Waals surface area contributed by atoms with Gasteiger partial charge in [-0.1, -0.05) is 18.2 Å². The van der Waals surface area contributed by atoms with Gasteiger partial charge in [0, 0.05) is 30.3 Å². The first-order chi connectivity index (χ1) is 12.9. The minimum absolute atomic E-state index is 0.143. The van der Waals surface area contributed by atoms with Gasteiger partial charge in [0.1, 0.15) is 0 Å². The van der Waals surface area contributed by atoms with Crippen molar-refractivity contribution in [3.63, 3.8) is 0 Å². The van der Waals surface area contributed by atoms with Crippen molar-refractivity contribution in [1.82, 2.24) is 4.90 Å². The number of benzene rings is 2. The molecule has 0 aliphatic carbocycles. The van der Waals surface area contributed by atoms with E-state index in [4.69, 9.17) is 5.73 Å². The number of nitrogens with zero attached hydrogens (tertiary/aromatic N) is 1. The van der Waals surface area contributed by atoms with E-state index in [1.165, 1.54) is 12.1 Å². The Morgan fingerprint density at radius 2 is 1.56 bits per heavy atom. The summed E-state index contributed by atoms with van der Waals surface area (Å²) in [5, 5.41) is 0. The quantitative estimate of drug-likeness (QED) is 0.815.